The molecule has 4 heteroatoms. The summed E-state index contributed by atoms with van der Waals surface area (Å²) in [5, 5.41) is 0.723. The number of hydrogen-bond donors (Lipinski definition) is 0. The molecular formula is C26H20ClNO2. The molecule has 4 aromatic rings. The van der Waals surface area contributed by atoms with Crippen LogP contribution in [0, 0.1) is 0 Å². The fourth-order valence-electron chi connectivity index (χ4n) is 2.77. The molecule has 4 aromatic carbocycles. The van der Waals surface area contributed by atoms with Crippen molar-refractivity contribution in [3.05, 3.63) is 119 Å². The van der Waals surface area contributed by atoms with Gasteiger partial charge in [0.1, 0.15) is 23.9 Å². The standard InChI is InChI=1S/C26H20ClNO2/c27-22-10-6-21(7-11-22)19-29-24-14-8-20(9-15-24)18-28-23-12-16-26(17-13-23)30-25-4-2-1-3-5-25/h1-18H,19H2. The first-order valence-corrected chi connectivity index (χ1v) is 9.97. The van der Waals surface area contributed by atoms with Gasteiger partial charge in [0.05, 0.1) is 5.69 Å². The predicted octanol–water partition coefficient (Wildman–Crippen LogP) is 7.46. The Balaban J connectivity index is 1.32. The maximum atomic E-state index is 5.90. The Hall–Kier alpha value is -3.56. The van der Waals surface area contributed by atoms with Crippen molar-refractivity contribution in [1.29, 1.82) is 0 Å². The highest BCUT2D eigenvalue weighted by Crippen LogP contribution is 2.24. The van der Waals surface area contributed by atoms with Crippen molar-refractivity contribution in [2.24, 2.45) is 4.99 Å². The second-order valence-electron chi connectivity index (χ2n) is 6.65. The van der Waals surface area contributed by atoms with Gasteiger partial charge in [-0.25, -0.2) is 0 Å². The summed E-state index contributed by atoms with van der Waals surface area (Å²) in [7, 11) is 0. The van der Waals surface area contributed by atoms with Gasteiger partial charge in [-0.05, 0) is 83.9 Å². The second-order valence-corrected chi connectivity index (χ2v) is 7.09. The molecule has 0 aliphatic carbocycles. The topological polar surface area (TPSA) is 30.8 Å². The summed E-state index contributed by atoms with van der Waals surface area (Å²) in [5.41, 5.74) is 2.93. The van der Waals surface area contributed by atoms with Gasteiger partial charge in [-0.3, -0.25) is 4.99 Å². The Morgan fingerprint density at radius 2 is 1.30 bits per heavy atom. The van der Waals surface area contributed by atoms with Crippen molar-refractivity contribution in [3.8, 4) is 17.2 Å². The largest absolute Gasteiger partial charge is 0.489 e. The van der Waals surface area contributed by atoms with E-state index in [1.165, 1.54) is 0 Å². The van der Waals surface area contributed by atoms with E-state index in [4.69, 9.17) is 21.1 Å². The third-order valence-electron chi connectivity index (χ3n) is 4.38. The Morgan fingerprint density at radius 1 is 0.667 bits per heavy atom. The lowest BCUT2D eigenvalue weighted by Crippen LogP contribution is -1.95. The summed E-state index contributed by atoms with van der Waals surface area (Å²) in [6.07, 6.45) is 1.83. The number of para-hydroxylation sites is 1. The number of nitrogens with zero attached hydrogens (tertiary/aromatic N) is 1. The van der Waals surface area contributed by atoms with Crippen molar-refractivity contribution < 1.29 is 9.47 Å². The highest BCUT2D eigenvalue weighted by molar-refractivity contribution is 6.30. The molecule has 148 valence electrons. The third kappa shape index (κ3) is 5.72. The smallest absolute Gasteiger partial charge is 0.127 e. The van der Waals surface area contributed by atoms with E-state index in [9.17, 15) is 0 Å². The van der Waals surface area contributed by atoms with E-state index in [1.54, 1.807) is 0 Å². The Labute approximate surface area is 181 Å². The van der Waals surface area contributed by atoms with Crippen LogP contribution in [0.3, 0.4) is 0 Å². The molecule has 0 radical (unpaired) electrons. The number of hydrogen-bond acceptors (Lipinski definition) is 3. The minimum Gasteiger partial charge on any atom is -0.489 e. The lowest BCUT2D eigenvalue weighted by Gasteiger charge is -2.06. The summed E-state index contributed by atoms with van der Waals surface area (Å²) in [5.74, 6) is 2.40. The number of ether oxygens (including phenoxy) is 2. The van der Waals surface area contributed by atoms with Gasteiger partial charge in [0.25, 0.3) is 0 Å². The zero-order valence-corrected chi connectivity index (χ0v) is 17.0. The molecule has 0 bridgehead atoms. The molecule has 0 aromatic heterocycles. The molecule has 0 atom stereocenters. The number of halogens is 1. The molecule has 0 spiro atoms. The van der Waals surface area contributed by atoms with Crippen LogP contribution in [0.1, 0.15) is 11.1 Å². The molecule has 0 amide bonds. The van der Waals surface area contributed by atoms with Gasteiger partial charge in [-0.1, -0.05) is 41.9 Å². The lowest BCUT2D eigenvalue weighted by molar-refractivity contribution is 0.306. The Bertz CT molecular complexity index is 1090. The van der Waals surface area contributed by atoms with Crippen LogP contribution < -0.4 is 9.47 Å². The van der Waals surface area contributed by atoms with E-state index in [-0.39, 0.29) is 0 Å². The van der Waals surface area contributed by atoms with Crippen molar-refractivity contribution in [2.45, 2.75) is 6.61 Å². The van der Waals surface area contributed by atoms with Crippen LogP contribution in [0.4, 0.5) is 5.69 Å². The van der Waals surface area contributed by atoms with Crippen LogP contribution >= 0.6 is 11.6 Å². The molecule has 3 nitrogen and oxygen atoms in total. The predicted molar refractivity (Wildman–Crippen MR) is 122 cm³/mol. The second kappa shape index (κ2) is 9.77. The molecule has 0 aliphatic heterocycles. The van der Waals surface area contributed by atoms with Gasteiger partial charge in [-0.2, -0.15) is 0 Å². The third-order valence-corrected chi connectivity index (χ3v) is 4.63. The maximum absolute atomic E-state index is 5.90. The van der Waals surface area contributed by atoms with Crippen LogP contribution in [0.25, 0.3) is 0 Å². The normalized spacial score (nSPS) is 10.8. The molecule has 0 N–H and O–H groups in total. The molecule has 0 saturated heterocycles. The van der Waals surface area contributed by atoms with E-state index >= 15 is 0 Å². The summed E-state index contributed by atoms with van der Waals surface area (Å²) >= 11 is 5.90. The molecule has 0 heterocycles. The fraction of sp³-hybridized carbons (Fsp3) is 0.0385. The van der Waals surface area contributed by atoms with Crippen LogP contribution in [0.2, 0.25) is 5.02 Å². The van der Waals surface area contributed by atoms with Gasteiger partial charge in [-0.15, -0.1) is 0 Å². The number of aliphatic imine (C=N–C) groups is 1. The highest BCUT2D eigenvalue weighted by Gasteiger charge is 1.99. The van der Waals surface area contributed by atoms with Gasteiger partial charge in [0, 0.05) is 11.2 Å². The van der Waals surface area contributed by atoms with Crippen molar-refractivity contribution >= 4 is 23.5 Å². The molecule has 0 aliphatic rings. The van der Waals surface area contributed by atoms with E-state index in [1.807, 2.05) is 109 Å². The van der Waals surface area contributed by atoms with Crippen LogP contribution in [0.5, 0.6) is 17.2 Å². The Kier molecular flexibility index (Phi) is 6.43. The quantitative estimate of drug-likeness (QED) is 0.294. The first kappa shape index (κ1) is 19.7. The SMILES string of the molecule is Clc1ccc(COc2ccc(C=Nc3ccc(Oc4ccccc4)cc3)cc2)cc1. The zero-order chi connectivity index (χ0) is 20.6. The summed E-state index contributed by atoms with van der Waals surface area (Å²) in [4.78, 5) is 4.52. The molecule has 0 fully saturated rings. The first-order valence-electron chi connectivity index (χ1n) is 9.59. The average Bonchev–Trinajstić information content (AvgIpc) is 2.80. The molecule has 0 saturated carbocycles. The van der Waals surface area contributed by atoms with Crippen LogP contribution in [0.15, 0.2) is 108 Å². The van der Waals surface area contributed by atoms with E-state index in [0.717, 1.165) is 39.1 Å². The first-order chi connectivity index (χ1) is 14.7. The minimum atomic E-state index is 0.502. The maximum Gasteiger partial charge on any atom is 0.127 e. The lowest BCUT2D eigenvalue weighted by atomic mass is 10.2. The van der Waals surface area contributed by atoms with Crippen LogP contribution in [-0.2, 0) is 6.61 Å². The summed E-state index contributed by atoms with van der Waals surface area (Å²) in [6, 6.07) is 32.9. The van der Waals surface area contributed by atoms with E-state index in [0.29, 0.717) is 6.61 Å². The molecule has 4 rings (SSSR count). The average molecular weight is 414 g/mol. The van der Waals surface area contributed by atoms with Gasteiger partial charge in [0.15, 0.2) is 0 Å². The molecule has 30 heavy (non-hydrogen) atoms. The van der Waals surface area contributed by atoms with Gasteiger partial charge < -0.3 is 9.47 Å². The van der Waals surface area contributed by atoms with Gasteiger partial charge >= 0.3 is 0 Å². The Morgan fingerprint density at radius 3 is 2.00 bits per heavy atom. The van der Waals surface area contributed by atoms with Crippen LogP contribution in [-0.4, -0.2) is 6.21 Å². The minimum absolute atomic E-state index is 0.502. The zero-order valence-electron chi connectivity index (χ0n) is 16.2. The monoisotopic (exact) mass is 413 g/mol. The number of benzene rings is 4. The van der Waals surface area contributed by atoms with E-state index < -0.39 is 0 Å². The highest BCUT2D eigenvalue weighted by atomic mass is 35.5. The van der Waals surface area contributed by atoms with Crippen molar-refractivity contribution in [2.75, 3.05) is 0 Å². The molecule has 0 unspecified atom stereocenters. The number of rotatable bonds is 7. The molecular weight excluding hydrogens is 394 g/mol. The van der Waals surface area contributed by atoms with Crippen molar-refractivity contribution in [1.82, 2.24) is 0 Å². The van der Waals surface area contributed by atoms with Gasteiger partial charge in [0.2, 0.25) is 0 Å². The fourth-order valence-corrected chi connectivity index (χ4v) is 2.90. The van der Waals surface area contributed by atoms with Crippen molar-refractivity contribution in [3.63, 3.8) is 0 Å². The summed E-state index contributed by atoms with van der Waals surface area (Å²) in [6.45, 7) is 0.502. The summed E-state index contributed by atoms with van der Waals surface area (Å²) < 4.78 is 11.6. The van der Waals surface area contributed by atoms with E-state index in [2.05, 4.69) is 4.99 Å².